The predicted octanol–water partition coefficient (Wildman–Crippen LogP) is 3.04. The zero-order chi connectivity index (χ0) is 17.8. The van der Waals surface area contributed by atoms with E-state index in [1.807, 2.05) is 13.0 Å². The van der Waals surface area contributed by atoms with Crippen molar-refractivity contribution in [2.45, 2.75) is 19.4 Å². The van der Waals surface area contributed by atoms with Crippen LogP contribution in [-0.2, 0) is 0 Å². The molecular formula is C17H19ClN6O. The SMILES string of the molecule is CC[C@H](N)CNc1nc(-c2cc(Cl)ccc2O)ncc1-c1ccn[nH]1. The van der Waals surface area contributed by atoms with Gasteiger partial charge in [0.25, 0.3) is 0 Å². The van der Waals surface area contributed by atoms with Crippen molar-refractivity contribution in [3.8, 4) is 28.4 Å². The number of halogens is 1. The minimum absolute atomic E-state index is 0.00704. The van der Waals surface area contributed by atoms with Gasteiger partial charge in [-0.2, -0.15) is 5.10 Å². The molecule has 0 spiro atoms. The van der Waals surface area contributed by atoms with Crippen LogP contribution < -0.4 is 11.1 Å². The third kappa shape index (κ3) is 3.89. The van der Waals surface area contributed by atoms with Gasteiger partial charge in [0.05, 0.1) is 16.8 Å². The number of aromatic amines is 1. The smallest absolute Gasteiger partial charge is 0.165 e. The minimum atomic E-state index is 0.00704. The maximum atomic E-state index is 10.1. The van der Waals surface area contributed by atoms with E-state index in [4.69, 9.17) is 17.3 Å². The first kappa shape index (κ1) is 17.2. The highest BCUT2D eigenvalue weighted by atomic mass is 35.5. The van der Waals surface area contributed by atoms with Crippen molar-refractivity contribution in [2.75, 3.05) is 11.9 Å². The quantitative estimate of drug-likeness (QED) is 0.538. The van der Waals surface area contributed by atoms with Crippen LogP contribution >= 0.6 is 11.6 Å². The molecule has 5 N–H and O–H groups in total. The van der Waals surface area contributed by atoms with Crippen LogP contribution in [0.25, 0.3) is 22.6 Å². The third-order valence-corrected chi connectivity index (χ3v) is 4.07. The Morgan fingerprint density at radius 2 is 2.16 bits per heavy atom. The summed E-state index contributed by atoms with van der Waals surface area (Å²) in [5, 5.41) is 20.7. The first-order valence-corrected chi connectivity index (χ1v) is 8.31. The van der Waals surface area contributed by atoms with Gasteiger partial charge in [-0.25, -0.2) is 9.97 Å². The Morgan fingerprint density at radius 3 is 2.88 bits per heavy atom. The number of rotatable bonds is 6. The van der Waals surface area contributed by atoms with Crippen LogP contribution in [0, 0.1) is 0 Å². The highest BCUT2D eigenvalue weighted by molar-refractivity contribution is 6.30. The number of phenolic OH excluding ortho intramolecular Hbond substituents is 1. The zero-order valence-electron chi connectivity index (χ0n) is 13.7. The van der Waals surface area contributed by atoms with E-state index < -0.39 is 0 Å². The number of aromatic nitrogens is 4. The summed E-state index contributed by atoms with van der Waals surface area (Å²) >= 11 is 6.03. The molecule has 25 heavy (non-hydrogen) atoms. The molecule has 0 fully saturated rings. The number of nitrogens with zero attached hydrogens (tertiary/aromatic N) is 3. The molecule has 0 saturated heterocycles. The van der Waals surface area contributed by atoms with Gasteiger partial charge in [0.15, 0.2) is 5.82 Å². The van der Waals surface area contributed by atoms with Crippen molar-refractivity contribution >= 4 is 17.4 Å². The van der Waals surface area contributed by atoms with Crippen LogP contribution in [0.1, 0.15) is 13.3 Å². The molecule has 0 unspecified atom stereocenters. The molecule has 2 aromatic heterocycles. The summed E-state index contributed by atoms with van der Waals surface area (Å²) < 4.78 is 0. The van der Waals surface area contributed by atoms with Crippen LogP contribution in [0.3, 0.4) is 0 Å². The van der Waals surface area contributed by atoms with Gasteiger partial charge >= 0.3 is 0 Å². The fourth-order valence-electron chi connectivity index (χ4n) is 2.31. The van der Waals surface area contributed by atoms with Gasteiger partial charge in [0.1, 0.15) is 11.6 Å². The molecule has 1 atom stereocenters. The average molecular weight is 359 g/mol. The number of aromatic hydroxyl groups is 1. The van der Waals surface area contributed by atoms with Crippen molar-refractivity contribution in [3.05, 3.63) is 41.7 Å². The normalized spacial score (nSPS) is 12.1. The Kier molecular flexibility index (Phi) is 5.16. The lowest BCUT2D eigenvalue weighted by atomic mass is 10.1. The first-order valence-electron chi connectivity index (χ1n) is 7.93. The van der Waals surface area contributed by atoms with Crippen LogP contribution in [0.2, 0.25) is 5.02 Å². The largest absolute Gasteiger partial charge is 0.507 e. The van der Waals surface area contributed by atoms with Crippen LogP contribution in [0.4, 0.5) is 5.82 Å². The Bertz CT molecular complexity index is 852. The van der Waals surface area contributed by atoms with Crippen molar-refractivity contribution < 1.29 is 5.11 Å². The van der Waals surface area contributed by atoms with Crippen LogP contribution in [0.15, 0.2) is 36.7 Å². The fraction of sp³-hybridized carbons (Fsp3) is 0.235. The van der Waals surface area contributed by atoms with E-state index in [0.29, 0.717) is 28.8 Å². The van der Waals surface area contributed by atoms with Crippen molar-refractivity contribution in [1.82, 2.24) is 20.2 Å². The van der Waals surface area contributed by atoms with Crippen LogP contribution in [-0.4, -0.2) is 37.9 Å². The van der Waals surface area contributed by atoms with E-state index in [-0.39, 0.29) is 11.8 Å². The minimum Gasteiger partial charge on any atom is -0.507 e. The maximum Gasteiger partial charge on any atom is 0.165 e. The summed E-state index contributed by atoms with van der Waals surface area (Å²) in [5.41, 5.74) is 8.02. The number of benzene rings is 1. The Labute approximate surface area is 150 Å². The molecule has 0 radical (unpaired) electrons. The van der Waals surface area contributed by atoms with Gasteiger partial charge in [0.2, 0.25) is 0 Å². The third-order valence-electron chi connectivity index (χ3n) is 3.84. The maximum absolute atomic E-state index is 10.1. The van der Waals surface area contributed by atoms with E-state index in [1.54, 1.807) is 24.5 Å². The van der Waals surface area contributed by atoms with Crippen molar-refractivity contribution in [2.24, 2.45) is 5.73 Å². The summed E-state index contributed by atoms with van der Waals surface area (Å²) in [6.07, 6.45) is 4.18. The Balaban J connectivity index is 2.03. The molecule has 0 aliphatic rings. The molecule has 1 aromatic carbocycles. The van der Waals surface area contributed by atoms with E-state index >= 15 is 0 Å². The second-order valence-corrected chi connectivity index (χ2v) is 6.07. The fourth-order valence-corrected chi connectivity index (χ4v) is 2.48. The topological polar surface area (TPSA) is 113 Å². The highest BCUT2D eigenvalue weighted by Gasteiger charge is 2.15. The van der Waals surface area contributed by atoms with Gasteiger partial charge in [-0.15, -0.1) is 0 Å². The molecule has 0 saturated carbocycles. The summed E-state index contributed by atoms with van der Waals surface area (Å²) in [7, 11) is 0. The molecule has 0 aliphatic heterocycles. The molecule has 0 amide bonds. The highest BCUT2D eigenvalue weighted by Crippen LogP contribution is 2.32. The van der Waals surface area contributed by atoms with Crippen molar-refractivity contribution in [3.63, 3.8) is 0 Å². The number of H-pyrrole nitrogens is 1. The van der Waals surface area contributed by atoms with E-state index in [9.17, 15) is 5.11 Å². The summed E-state index contributed by atoms with van der Waals surface area (Å²) in [6.45, 7) is 2.59. The number of hydrogen-bond donors (Lipinski definition) is 4. The van der Waals surface area contributed by atoms with E-state index in [0.717, 1.165) is 17.7 Å². The molecule has 3 rings (SSSR count). The first-order chi connectivity index (χ1) is 12.1. The molecular weight excluding hydrogens is 340 g/mol. The Morgan fingerprint density at radius 1 is 1.32 bits per heavy atom. The van der Waals surface area contributed by atoms with Gasteiger partial charge in [-0.1, -0.05) is 18.5 Å². The lowest BCUT2D eigenvalue weighted by Crippen LogP contribution is -2.28. The zero-order valence-corrected chi connectivity index (χ0v) is 14.5. The summed E-state index contributed by atoms with van der Waals surface area (Å²) in [5.74, 6) is 1.04. The number of phenols is 1. The van der Waals surface area contributed by atoms with Gasteiger partial charge in [-0.3, -0.25) is 5.10 Å². The van der Waals surface area contributed by atoms with Gasteiger partial charge in [0, 0.05) is 30.0 Å². The number of nitrogens with one attached hydrogen (secondary N) is 2. The van der Waals surface area contributed by atoms with E-state index in [1.165, 1.54) is 6.07 Å². The predicted molar refractivity (Wildman–Crippen MR) is 98.5 cm³/mol. The number of anilines is 1. The average Bonchev–Trinajstić information content (AvgIpc) is 3.16. The molecule has 3 aromatic rings. The molecule has 2 heterocycles. The second-order valence-electron chi connectivity index (χ2n) is 5.64. The monoisotopic (exact) mass is 358 g/mol. The Hall–Kier alpha value is -2.64. The number of hydrogen-bond acceptors (Lipinski definition) is 6. The van der Waals surface area contributed by atoms with Crippen LogP contribution in [0.5, 0.6) is 5.75 Å². The van der Waals surface area contributed by atoms with Gasteiger partial charge < -0.3 is 16.2 Å². The molecule has 0 aliphatic carbocycles. The number of nitrogens with two attached hydrogens (primary N) is 1. The lowest BCUT2D eigenvalue weighted by Gasteiger charge is -2.14. The molecule has 130 valence electrons. The summed E-state index contributed by atoms with van der Waals surface area (Å²) in [4.78, 5) is 8.93. The molecule has 8 heteroatoms. The second kappa shape index (κ2) is 7.50. The van der Waals surface area contributed by atoms with E-state index in [2.05, 4.69) is 25.5 Å². The molecule has 0 bridgehead atoms. The standard InChI is InChI=1S/C17H19ClN6O/c1-2-11(19)8-20-17-13(14-5-6-22-24-14)9-21-16(23-17)12-7-10(18)3-4-15(12)25/h3-7,9,11,25H,2,8,19H2,1H3,(H,22,24)(H,20,21,23)/t11-/m0/s1. The van der Waals surface area contributed by atoms with Gasteiger partial charge in [-0.05, 0) is 30.7 Å². The van der Waals surface area contributed by atoms with Crippen molar-refractivity contribution in [1.29, 1.82) is 0 Å². The lowest BCUT2D eigenvalue weighted by molar-refractivity contribution is 0.477. The molecule has 7 nitrogen and oxygen atoms in total. The summed E-state index contributed by atoms with van der Waals surface area (Å²) in [6, 6.07) is 6.60.